The van der Waals surface area contributed by atoms with Gasteiger partial charge in [-0.2, -0.15) is 5.10 Å². The molecule has 1 aromatic heterocycles. The van der Waals surface area contributed by atoms with E-state index in [0.29, 0.717) is 5.92 Å². The van der Waals surface area contributed by atoms with Crippen LogP contribution >= 0.6 is 0 Å². The number of aromatic nitrogens is 2. The Balaban J connectivity index is 1.57. The molecule has 0 unspecified atom stereocenters. The van der Waals surface area contributed by atoms with Gasteiger partial charge in [-0.3, -0.25) is 5.10 Å². The van der Waals surface area contributed by atoms with Gasteiger partial charge in [-0.05, 0) is 63.0 Å². The first kappa shape index (κ1) is 18.9. The van der Waals surface area contributed by atoms with Crippen LogP contribution in [0.2, 0.25) is 0 Å². The Labute approximate surface area is 156 Å². The Morgan fingerprint density at radius 3 is 2.73 bits per heavy atom. The van der Waals surface area contributed by atoms with Gasteiger partial charge in [-0.15, -0.1) is 0 Å². The minimum Gasteiger partial charge on any atom is -0.493 e. The van der Waals surface area contributed by atoms with Crippen molar-refractivity contribution >= 4 is 0 Å². The largest absolute Gasteiger partial charge is 0.493 e. The average molecular weight is 357 g/mol. The molecule has 142 valence electrons. The van der Waals surface area contributed by atoms with Crippen molar-refractivity contribution in [2.24, 2.45) is 5.92 Å². The summed E-state index contributed by atoms with van der Waals surface area (Å²) in [5, 5.41) is 7.41. The van der Waals surface area contributed by atoms with Crippen LogP contribution in [0, 0.1) is 5.92 Å². The predicted molar refractivity (Wildman–Crippen MR) is 104 cm³/mol. The minimum absolute atomic E-state index is 0.612. The van der Waals surface area contributed by atoms with Gasteiger partial charge in [0.15, 0.2) is 0 Å². The quantitative estimate of drug-likeness (QED) is 0.734. The standard InChI is InChI=1S/C21H31N3O2/c1-3-4-11-24(2)15-19-14-22-23-21(19)18-5-7-20(8-6-18)26-16-17-9-12-25-13-10-17/h5-8,14,17H,3-4,9-13,15-16H2,1-2H3,(H,22,23). The molecule has 2 heterocycles. The van der Waals surface area contributed by atoms with E-state index in [4.69, 9.17) is 9.47 Å². The molecule has 0 spiro atoms. The zero-order valence-electron chi connectivity index (χ0n) is 16.0. The fourth-order valence-corrected chi connectivity index (χ4v) is 3.32. The first-order chi connectivity index (χ1) is 12.8. The first-order valence-electron chi connectivity index (χ1n) is 9.78. The highest BCUT2D eigenvalue weighted by molar-refractivity contribution is 5.63. The van der Waals surface area contributed by atoms with E-state index in [1.165, 1.54) is 18.4 Å². The predicted octanol–water partition coefficient (Wildman–Crippen LogP) is 4.11. The van der Waals surface area contributed by atoms with Crippen molar-refractivity contribution in [3.63, 3.8) is 0 Å². The number of ether oxygens (including phenoxy) is 2. The smallest absolute Gasteiger partial charge is 0.119 e. The number of unbranched alkanes of at least 4 members (excludes halogenated alkanes) is 1. The van der Waals surface area contributed by atoms with Crippen molar-refractivity contribution in [1.82, 2.24) is 15.1 Å². The SMILES string of the molecule is CCCCN(C)Cc1cn[nH]c1-c1ccc(OCC2CCOCC2)cc1. The Morgan fingerprint density at radius 2 is 2.00 bits per heavy atom. The molecule has 0 radical (unpaired) electrons. The molecule has 0 saturated carbocycles. The maximum Gasteiger partial charge on any atom is 0.119 e. The lowest BCUT2D eigenvalue weighted by atomic mass is 10.0. The molecule has 26 heavy (non-hydrogen) atoms. The van der Waals surface area contributed by atoms with Crippen molar-refractivity contribution in [1.29, 1.82) is 0 Å². The Morgan fingerprint density at radius 1 is 1.23 bits per heavy atom. The van der Waals surface area contributed by atoms with Crippen LogP contribution in [0.3, 0.4) is 0 Å². The first-order valence-corrected chi connectivity index (χ1v) is 9.78. The molecule has 1 aliphatic heterocycles. The Kier molecular flexibility index (Phi) is 7.09. The molecular weight excluding hydrogens is 326 g/mol. The topological polar surface area (TPSA) is 50.4 Å². The number of nitrogens with zero attached hydrogens (tertiary/aromatic N) is 2. The Bertz CT molecular complexity index is 648. The summed E-state index contributed by atoms with van der Waals surface area (Å²) < 4.78 is 11.4. The lowest BCUT2D eigenvalue weighted by molar-refractivity contribution is 0.0497. The normalized spacial score (nSPS) is 15.5. The van der Waals surface area contributed by atoms with Crippen molar-refractivity contribution in [2.75, 3.05) is 33.4 Å². The summed E-state index contributed by atoms with van der Waals surface area (Å²) in [6, 6.07) is 8.34. The summed E-state index contributed by atoms with van der Waals surface area (Å²) in [6.45, 7) is 6.75. The van der Waals surface area contributed by atoms with Gasteiger partial charge in [0, 0.05) is 30.9 Å². The highest BCUT2D eigenvalue weighted by atomic mass is 16.5. The van der Waals surface area contributed by atoms with Crippen LogP contribution in [0.15, 0.2) is 30.5 Å². The van der Waals surface area contributed by atoms with E-state index in [0.717, 1.165) is 62.8 Å². The molecule has 1 aliphatic rings. The summed E-state index contributed by atoms with van der Waals surface area (Å²) in [7, 11) is 2.17. The van der Waals surface area contributed by atoms with Crippen LogP contribution in [0.25, 0.3) is 11.3 Å². The number of aromatic amines is 1. The molecular formula is C21H31N3O2. The third-order valence-corrected chi connectivity index (χ3v) is 5.02. The average Bonchev–Trinajstić information content (AvgIpc) is 3.14. The molecule has 0 bridgehead atoms. The highest BCUT2D eigenvalue weighted by Gasteiger charge is 2.15. The van der Waals surface area contributed by atoms with E-state index in [1.807, 2.05) is 6.20 Å². The fraction of sp³-hybridized carbons (Fsp3) is 0.571. The number of H-pyrrole nitrogens is 1. The fourth-order valence-electron chi connectivity index (χ4n) is 3.32. The van der Waals surface area contributed by atoms with Crippen LogP contribution in [0.4, 0.5) is 0 Å². The van der Waals surface area contributed by atoms with E-state index < -0.39 is 0 Å². The zero-order chi connectivity index (χ0) is 18.2. The highest BCUT2D eigenvalue weighted by Crippen LogP contribution is 2.25. The third-order valence-electron chi connectivity index (χ3n) is 5.02. The van der Waals surface area contributed by atoms with Crippen LogP contribution in [-0.4, -0.2) is 48.5 Å². The minimum atomic E-state index is 0.612. The molecule has 1 aromatic carbocycles. The maximum atomic E-state index is 5.97. The van der Waals surface area contributed by atoms with Crippen LogP contribution in [0.1, 0.15) is 38.2 Å². The molecule has 1 N–H and O–H groups in total. The van der Waals surface area contributed by atoms with Crippen molar-refractivity contribution in [2.45, 2.75) is 39.2 Å². The summed E-state index contributed by atoms with van der Waals surface area (Å²) in [4.78, 5) is 2.35. The molecule has 2 aromatic rings. The van der Waals surface area contributed by atoms with E-state index in [9.17, 15) is 0 Å². The van der Waals surface area contributed by atoms with Crippen molar-refractivity contribution < 1.29 is 9.47 Å². The molecule has 0 atom stereocenters. The molecule has 5 heteroatoms. The number of benzene rings is 1. The van der Waals surface area contributed by atoms with Gasteiger partial charge in [-0.25, -0.2) is 0 Å². The van der Waals surface area contributed by atoms with Crippen LogP contribution < -0.4 is 4.74 Å². The zero-order valence-corrected chi connectivity index (χ0v) is 16.0. The molecule has 3 rings (SSSR count). The van der Waals surface area contributed by atoms with Gasteiger partial charge >= 0.3 is 0 Å². The molecule has 5 nitrogen and oxygen atoms in total. The van der Waals surface area contributed by atoms with Gasteiger partial charge in [0.2, 0.25) is 0 Å². The maximum absolute atomic E-state index is 5.97. The van der Waals surface area contributed by atoms with Gasteiger partial charge < -0.3 is 14.4 Å². The van der Waals surface area contributed by atoms with Crippen molar-refractivity contribution in [3.8, 4) is 17.0 Å². The summed E-state index contributed by atoms with van der Waals surface area (Å²) in [5.41, 5.74) is 3.49. The second kappa shape index (κ2) is 9.74. The molecule has 0 amide bonds. The molecule has 0 aliphatic carbocycles. The number of nitrogens with one attached hydrogen (secondary N) is 1. The molecule has 1 saturated heterocycles. The Hall–Kier alpha value is -1.85. The van der Waals surface area contributed by atoms with Crippen LogP contribution in [-0.2, 0) is 11.3 Å². The third kappa shape index (κ3) is 5.32. The monoisotopic (exact) mass is 357 g/mol. The van der Waals surface area contributed by atoms with Crippen LogP contribution in [0.5, 0.6) is 5.75 Å². The van der Waals surface area contributed by atoms with E-state index in [-0.39, 0.29) is 0 Å². The number of hydrogen-bond acceptors (Lipinski definition) is 4. The van der Waals surface area contributed by atoms with Gasteiger partial charge in [-0.1, -0.05) is 13.3 Å². The summed E-state index contributed by atoms with van der Waals surface area (Å²) >= 11 is 0. The van der Waals surface area contributed by atoms with E-state index in [2.05, 4.69) is 53.3 Å². The van der Waals surface area contributed by atoms with E-state index >= 15 is 0 Å². The number of hydrogen-bond donors (Lipinski definition) is 1. The summed E-state index contributed by atoms with van der Waals surface area (Å²) in [6.07, 6.45) is 6.58. The number of rotatable bonds is 9. The van der Waals surface area contributed by atoms with Gasteiger partial charge in [0.25, 0.3) is 0 Å². The second-order valence-corrected chi connectivity index (χ2v) is 7.25. The van der Waals surface area contributed by atoms with Gasteiger partial charge in [0.1, 0.15) is 5.75 Å². The van der Waals surface area contributed by atoms with E-state index in [1.54, 1.807) is 0 Å². The van der Waals surface area contributed by atoms with Gasteiger partial charge in [0.05, 0.1) is 18.5 Å². The molecule has 1 fully saturated rings. The second-order valence-electron chi connectivity index (χ2n) is 7.25. The summed E-state index contributed by atoms with van der Waals surface area (Å²) in [5.74, 6) is 1.54. The lowest BCUT2D eigenvalue weighted by Crippen LogP contribution is -2.21. The lowest BCUT2D eigenvalue weighted by Gasteiger charge is -2.22. The van der Waals surface area contributed by atoms with Crippen molar-refractivity contribution in [3.05, 3.63) is 36.0 Å².